The number of nitro groups is 1. The van der Waals surface area contributed by atoms with Gasteiger partial charge < -0.3 is 9.26 Å². The van der Waals surface area contributed by atoms with Crippen molar-refractivity contribution in [2.24, 2.45) is 0 Å². The van der Waals surface area contributed by atoms with E-state index in [1.165, 1.54) is 6.07 Å². The summed E-state index contributed by atoms with van der Waals surface area (Å²) in [6.07, 6.45) is 0. The van der Waals surface area contributed by atoms with Crippen LogP contribution in [0, 0.1) is 10.1 Å². The zero-order valence-corrected chi connectivity index (χ0v) is 14.4. The van der Waals surface area contributed by atoms with Crippen LogP contribution in [0.2, 0.25) is 10.0 Å². The summed E-state index contributed by atoms with van der Waals surface area (Å²) in [7, 11) is 0. The zero-order chi connectivity index (χ0) is 18.7. The summed E-state index contributed by atoms with van der Waals surface area (Å²) in [5.41, 5.74) is -0.129. The van der Waals surface area contributed by atoms with Crippen molar-refractivity contribution in [3.63, 3.8) is 0 Å². The first kappa shape index (κ1) is 17.8. The van der Waals surface area contributed by atoms with E-state index in [0.717, 1.165) is 12.1 Å². The third kappa shape index (κ3) is 3.81. The van der Waals surface area contributed by atoms with Crippen molar-refractivity contribution in [2.75, 3.05) is 0 Å². The maximum absolute atomic E-state index is 12.1. The van der Waals surface area contributed by atoms with Crippen LogP contribution in [0.1, 0.15) is 16.2 Å². The lowest BCUT2D eigenvalue weighted by Crippen LogP contribution is -2.08. The molecule has 0 N–H and O–H groups in total. The van der Waals surface area contributed by atoms with Gasteiger partial charge in [0.05, 0.1) is 9.95 Å². The Morgan fingerprint density at radius 2 is 2.00 bits per heavy atom. The van der Waals surface area contributed by atoms with Gasteiger partial charge in [-0.05, 0) is 24.3 Å². The summed E-state index contributed by atoms with van der Waals surface area (Å²) in [4.78, 5) is 26.5. The molecule has 0 saturated heterocycles. The van der Waals surface area contributed by atoms with Crippen LogP contribution in [-0.2, 0) is 11.3 Å². The zero-order valence-electron chi connectivity index (χ0n) is 12.9. The molecule has 26 heavy (non-hydrogen) atoms. The van der Waals surface area contributed by atoms with Crippen LogP contribution in [0.3, 0.4) is 0 Å². The van der Waals surface area contributed by atoms with E-state index in [-0.39, 0.29) is 28.9 Å². The monoisotopic (exact) mass is 393 g/mol. The number of nitro benzene ring substituents is 1. The third-order valence-corrected chi connectivity index (χ3v) is 3.85. The third-order valence-electron chi connectivity index (χ3n) is 3.28. The van der Waals surface area contributed by atoms with Crippen LogP contribution in [0.5, 0.6) is 0 Å². The smallest absolute Gasteiger partial charge is 0.345 e. The summed E-state index contributed by atoms with van der Waals surface area (Å²) >= 11 is 11.8. The van der Waals surface area contributed by atoms with Gasteiger partial charge in [0.25, 0.3) is 11.6 Å². The second-order valence-electron chi connectivity index (χ2n) is 4.99. The molecule has 0 spiro atoms. The van der Waals surface area contributed by atoms with Gasteiger partial charge in [-0.25, -0.2) is 4.79 Å². The number of nitrogens with zero attached hydrogens (tertiary/aromatic N) is 3. The molecule has 0 aliphatic rings. The molecule has 0 aliphatic carbocycles. The highest BCUT2D eigenvalue weighted by Gasteiger charge is 2.22. The normalized spacial score (nSPS) is 10.5. The van der Waals surface area contributed by atoms with Crippen LogP contribution in [0.25, 0.3) is 11.4 Å². The summed E-state index contributed by atoms with van der Waals surface area (Å²) in [6, 6.07) is 10.5. The number of rotatable bonds is 5. The van der Waals surface area contributed by atoms with E-state index in [4.69, 9.17) is 32.5 Å². The summed E-state index contributed by atoms with van der Waals surface area (Å²) in [6.45, 7) is -0.361. The Morgan fingerprint density at radius 3 is 2.73 bits per heavy atom. The summed E-state index contributed by atoms with van der Waals surface area (Å²) in [5.74, 6) is -0.690. The van der Waals surface area contributed by atoms with E-state index in [1.54, 1.807) is 24.3 Å². The lowest BCUT2D eigenvalue weighted by molar-refractivity contribution is -0.385. The maximum atomic E-state index is 12.1. The number of carbonyl (C=O) groups is 1. The molecule has 1 aromatic heterocycles. The Bertz CT molecular complexity index is 990. The number of halogens is 2. The van der Waals surface area contributed by atoms with E-state index in [1.807, 2.05) is 0 Å². The quantitative estimate of drug-likeness (QED) is 0.360. The second-order valence-corrected chi connectivity index (χ2v) is 5.83. The van der Waals surface area contributed by atoms with Gasteiger partial charge in [-0.3, -0.25) is 10.1 Å². The molecular formula is C16H9Cl2N3O5. The van der Waals surface area contributed by atoms with Crippen molar-refractivity contribution in [3.05, 3.63) is 74.1 Å². The average Bonchev–Trinajstić information content (AvgIpc) is 3.08. The number of esters is 1. The first-order valence-electron chi connectivity index (χ1n) is 7.14. The van der Waals surface area contributed by atoms with Crippen molar-refractivity contribution in [3.8, 4) is 11.4 Å². The molecule has 0 saturated carbocycles. The molecular weight excluding hydrogens is 385 g/mol. The molecule has 0 atom stereocenters. The minimum absolute atomic E-state index is 0.0120. The highest BCUT2D eigenvalue weighted by atomic mass is 35.5. The highest BCUT2D eigenvalue weighted by Crippen LogP contribution is 2.26. The van der Waals surface area contributed by atoms with Crippen LogP contribution in [0.4, 0.5) is 5.69 Å². The summed E-state index contributed by atoms with van der Waals surface area (Å²) in [5, 5.41) is 15.4. The first-order valence-corrected chi connectivity index (χ1v) is 7.90. The lowest BCUT2D eigenvalue weighted by atomic mass is 10.2. The van der Waals surface area contributed by atoms with Gasteiger partial charge in [0.2, 0.25) is 5.82 Å². The maximum Gasteiger partial charge on any atom is 0.345 e. The number of benzene rings is 2. The lowest BCUT2D eigenvalue weighted by Gasteiger charge is -2.03. The molecule has 3 aromatic rings. The average molecular weight is 394 g/mol. The molecule has 0 amide bonds. The first-order chi connectivity index (χ1) is 12.5. The SMILES string of the molecule is O=C(OCc1nc(-c2ccccc2Cl)no1)c1cc(Cl)ccc1[N+](=O)[O-]. The van der Waals surface area contributed by atoms with Crippen molar-refractivity contribution in [2.45, 2.75) is 6.61 Å². The standard InChI is InChI=1S/C16H9Cl2N3O5/c17-9-5-6-13(21(23)24)11(7-9)16(22)25-8-14-19-15(20-26-14)10-3-1-2-4-12(10)18/h1-7H,8H2. The van der Waals surface area contributed by atoms with Crippen molar-refractivity contribution in [1.82, 2.24) is 10.1 Å². The molecule has 3 rings (SSSR count). The number of hydrogen-bond acceptors (Lipinski definition) is 7. The van der Waals surface area contributed by atoms with Gasteiger partial charge in [-0.1, -0.05) is 40.5 Å². The van der Waals surface area contributed by atoms with Gasteiger partial charge in [0, 0.05) is 16.7 Å². The van der Waals surface area contributed by atoms with Crippen LogP contribution in [0.15, 0.2) is 47.0 Å². The van der Waals surface area contributed by atoms with Crippen molar-refractivity contribution in [1.29, 1.82) is 0 Å². The largest absolute Gasteiger partial charge is 0.452 e. The van der Waals surface area contributed by atoms with E-state index in [9.17, 15) is 14.9 Å². The molecule has 0 aliphatic heterocycles. The predicted molar refractivity (Wildman–Crippen MR) is 92.0 cm³/mol. The molecule has 132 valence electrons. The number of carbonyl (C=O) groups excluding carboxylic acids is 1. The van der Waals surface area contributed by atoms with E-state index < -0.39 is 16.6 Å². The second kappa shape index (κ2) is 7.51. The fourth-order valence-electron chi connectivity index (χ4n) is 2.10. The topological polar surface area (TPSA) is 108 Å². The van der Waals surface area contributed by atoms with Gasteiger partial charge >= 0.3 is 5.97 Å². The molecule has 10 heteroatoms. The number of hydrogen-bond donors (Lipinski definition) is 0. The molecule has 0 fully saturated rings. The van der Waals surface area contributed by atoms with Gasteiger partial charge in [-0.2, -0.15) is 4.98 Å². The molecule has 0 unspecified atom stereocenters. The van der Waals surface area contributed by atoms with Crippen LogP contribution < -0.4 is 0 Å². The van der Waals surface area contributed by atoms with E-state index in [2.05, 4.69) is 10.1 Å². The molecule has 0 bridgehead atoms. The van der Waals surface area contributed by atoms with Gasteiger partial charge in [0.15, 0.2) is 6.61 Å². The highest BCUT2D eigenvalue weighted by molar-refractivity contribution is 6.33. The number of ether oxygens (including phenoxy) is 1. The molecule has 0 radical (unpaired) electrons. The Labute approximate surface area is 156 Å². The van der Waals surface area contributed by atoms with Crippen LogP contribution >= 0.6 is 23.2 Å². The van der Waals surface area contributed by atoms with E-state index in [0.29, 0.717) is 10.6 Å². The van der Waals surface area contributed by atoms with Gasteiger partial charge in [-0.15, -0.1) is 0 Å². The minimum atomic E-state index is -0.934. The fraction of sp³-hybridized carbons (Fsp3) is 0.0625. The Kier molecular flexibility index (Phi) is 5.15. The summed E-state index contributed by atoms with van der Waals surface area (Å²) < 4.78 is 10.0. The Morgan fingerprint density at radius 1 is 1.23 bits per heavy atom. The fourth-order valence-corrected chi connectivity index (χ4v) is 2.49. The minimum Gasteiger partial charge on any atom is -0.452 e. The molecule has 8 nitrogen and oxygen atoms in total. The van der Waals surface area contributed by atoms with Crippen molar-refractivity contribution < 1.29 is 19.0 Å². The van der Waals surface area contributed by atoms with E-state index >= 15 is 0 Å². The Balaban J connectivity index is 1.74. The van der Waals surface area contributed by atoms with Crippen molar-refractivity contribution >= 4 is 34.9 Å². The Hall–Kier alpha value is -2.97. The molecule has 2 aromatic carbocycles. The van der Waals surface area contributed by atoms with Crippen LogP contribution in [-0.4, -0.2) is 21.0 Å². The van der Waals surface area contributed by atoms with Gasteiger partial charge in [0.1, 0.15) is 5.56 Å². The number of aromatic nitrogens is 2. The molecule has 1 heterocycles. The predicted octanol–water partition coefficient (Wildman–Crippen LogP) is 4.31.